The number of nitrogens with zero attached hydrogens (tertiary/aromatic N) is 4. The Morgan fingerprint density at radius 1 is 1.25 bits per heavy atom. The number of aromatic nitrogens is 2. The molecule has 2 fully saturated rings. The molecule has 1 aliphatic heterocycles. The van der Waals surface area contributed by atoms with Crippen molar-refractivity contribution in [1.29, 1.82) is 0 Å². The van der Waals surface area contributed by atoms with Crippen LogP contribution in [0.25, 0.3) is 0 Å². The van der Waals surface area contributed by atoms with Crippen LogP contribution in [0, 0.1) is 11.3 Å². The van der Waals surface area contributed by atoms with E-state index in [0.29, 0.717) is 24.8 Å². The van der Waals surface area contributed by atoms with Crippen LogP contribution in [-0.4, -0.2) is 60.0 Å². The first-order valence-corrected chi connectivity index (χ1v) is 10.2. The number of carbonyl (C=O) groups excluding carboxylic acids is 1. The zero-order chi connectivity index (χ0) is 20.3. The second-order valence-corrected chi connectivity index (χ2v) is 9.49. The maximum Gasteiger partial charge on any atom is 0.296 e. The first-order valence-electron chi connectivity index (χ1n) is 10.2. The highest BCUT2D eigenvalue weighted by Gasteiger charge is 2.64. The van der Waals surface area contributed by atoms with Crippen LogP contribution in [0.2, 0.25) is 0 Å². The number of amides is 1. The van der Waals surface area contributed by atoms with Crippen molar-refractivity contribution >= 4 is 12.2 Å². The predicted molar refractivity (Wildman–Crippen MR) is 107 cm³/mol. The van der Waals surface area contributed by atoms with E-state index in [0.717, 1.165) is 36.9 Å². The van der Waals surface area contributed by atoms with Gasteiger partial charge in [-0.25, -0.2) is 0 Å². The summed E-state index contributed by atoms with van der Waals surface area (Å²) >= 11 is 0. The molecule has 2 atom stereocenters. The van der Waals surface area contributed by atoms with Gasteiger partial charge in [0.2, 0.25) is 0 Å². The summed E-state index contributed by atoms with van der Waals surface area (Å²) < 4.78 is 14.1. The zero-order valence-corrected chi connectivity index (χ0v) is 17.9. The van der Waals surface area contributed by atoms with Crippen LogP contribution in [-0.2, 0) is 28.4 Å². The minimum absolute atomic E-state index is 0.0980. The van der Waals surface area contributed by atoms with Gasteiger partial charge >= 0.3 is 0 Å². The van der Waals surface area contributed by atoms with Gasteiger partial charge in [-0.15, -0.1) is 0 Å². The number of hydrogen-bond donors (Lipinski definition) is 0. The van der Waals surface area contributed by atoms with Crippen molar-refractivity contribution < 1.29 is 14.3 Å². The standard InChI is InChI=1S/C21H32N4O3/c1-19(2)15-8-7-14-16(18(26)22-13-24(4)5)25(6)23-17(14)20(15,3)9-10-21(19)27-11-12-28-21/h13,15H,7-12H2,1-6H3/t15-,20-/m0/s1. The molecule has 7 heteroatoms. The SMILES string of the molecule is CN(C)C=NC(=O)c1c2c(nn1C)[C@@]1(C)CCC3(OCCO3)C(C)(C)[C@@H]1CC2. The van der Waals surface area contributed by atoms with Crippen LogP contribution < -0.4 is 0 Å². The molecule has 154 valence electrons. The zero-order valence-electron chi connectivity index (χ0n) is 17.9. The van der Waals surface area contributed by atoms with Crippen molar-refractivity contribution in [2.75, 3.05) is 27.3 Å². The third-order valence-electron chi connectivity index (χ3n) is 7.33. The van der Waals surface area contributed by atoms with E-state index >= 15 is 0 Å². The maximum atomic E-state index is 12.8. The van der Waals surface area contributed by atoms with Crippen molar-refractivity contribution in [1.82, 2.24) is 14.7 Å². The molecule has 1 amide bonds. The summed E-state index contributed by atoms with van der Waals surface area (Å²) in [4.78, 5) is 18.6. The van der Waals surface area contributed by atoms with E-state index in [1.54, 1.807) is 15.9 Å². The molecule has 0 bridgehead atoms. The molecular weight excluding hydrogens is 356 g/mol. The molecule has 3 aliphatic rings. The summed E-state index contributed by atoms with van der Waals surface area (Å²) in [6.07, 6.45) is 5.18. The lowest BCUT2D eigenvalue weighted by molar-refractivity contribution is -0.276. The van der Waals surface area contributed by atoms with Gasteiger partial charge in [-0.2, -0.15) is 10.1 Å². The average molecular weight is 389 g/mol. The fraction of sp³-hybridized carbons (Fsp3) is 0.762. The number of ether oxygens (including phenoxy) is 2. The van der Waals surface area contributed by atoms with E-state index in [9.17, 15) is 4.79 Å². The van der Waals surface area contributed by atoms with Gasteiger partial charge in [0.15, 0.2) is 5.79 Å². The monoisotopic (exact) mass is 388 g/mol. The van der Waals surface area contributed by atoms with Gasteiger partial charge in [-0.3, -0.25) is 9.48 Å². The summed E-state index contributed by atoms with van der Waals surface area (Å²) in [5.41, 5.74) is 2.54. The lowest BCUT2D eigenvalue weighted by atomic mass is 9.49. The van der Waals surface area contributed by atoms with Gasteiger partial charge in [0.05, 0.1) is 25.2 Å². The summed E-state index contributed by atoms with van der Waals surface area (Å²) in [5.74, 6) is -0.332. The minimum atomic E-state index is -0.488. The van der Waals surface area contributed by atoms with Crippen molar-refractivity contribution in [2.45, 2.75) is 57.7 Å². The molecule has 4 rings (SSSR count). The fourth-order valence-electron chi connectivity index (χ4n) is 5.97. The average Bonchev–Trinajstić information content (AvgIpc) is 3.23. The molecule has 2 aliphatic carbocycles. The first-order chi connectivity index (χ1) is 13.1. The van der Waals surface area contributed by atoms with Crippen LogP contribution >= 0.6 is 0 Å². The molecule has 1 saturated carbocycles. The number of hydrogen-bond acceptors (Lipinski definition) is 4. The van der Waals surface area contributed by atoms with Crippen LogP contribution in [0.1, 0.15) is 61.8 Å². The van der Waals surface area contributed by atoms with Gasteiger partial charge in [0, 0.05) is 44.0 Å². The smallest absolute Gasteiger partial charge is 0.296 e. The molecule has 0 aromatic carbocycles. The maximum absolute atomic E-state index is 12.8. The van der Waals surface area contributed by atoms with Crippen molar-refractivity contribution in [2.24, 2.45) is 23.4 Å². The molecule has 1 saturated heterocycles. The summed E-state index contributed by atoms with van der Waals surface area (Å²) in [6.45, 7) is 8.21. The normalized spacial score (nSPS) is 30.4. The fourth-order valence-corrected chi connectivity index (χ4v) is 5.97. The molecular formula is C21H32N4O3. The highest BCUT2D eigenvalue weighted by molar-refractivity contribution is 5.98. The number of fused-ring (bicyclic) bond motifs is 3. The number of aryl methyl sites for hydroxylation is 1. The van der Waals surface area contributed by atoms with E-state index in [2.05, 4.69) is 25.8 Å². The molecule has 2 heterocycles. The van der Waals surface area contributed by atoms with E-state index in [1.807, 2.05) is 21.1 Å². The second kappa shape index (κ2) is 6.39. The molecule has 0 N–H and O–H groups in total. The third kappa shape index (κ3) is 2.59. The Hall–Kier alpha value is -1.73. The molecule has 7 nitrogen and oxygen atoms in total. The van der Waals surface area contributed by atoms with E-state index in [4.69, 9.17) is 14.6 Å². The first kappa shape index (κ1) is 19.6. The van der Waals surface area contributed by atoms with Crippen LogP contribution in [0.15, 0.2) is 4.99 Å². The summed E-state index contributed by atoms with van der Waals surface area (Å²) in [6, 6.07) is 0. The Labute approximate surface area is 167 Å². The number of rotatable bonds is 2. The molecule has 0 radical (unpaired) electrons. The predicted octanol–water partition coefficient (Wildman–Crippen LogP) is 2.53. The largest absolute Gasteiger partial charge is 0.369 e. The molecule has 1 spiro atoms. The van der Waals surface area contributed by atoms with E-state index < -0.39 is 5.79 Å². The van der Waals surface area contributed by atoms with Crippen LogP contribution in [0.4, 0.5) is 0 Å². The molecule has 0 unspecified atom stereocenters. The third-order valence-corrected chi connectivity index (χ3v) is 7.33. The van der Waals surface area contributed by atoms with Gasteiger partial charge < -0.3 is 14.4 Å². The Kier molecular flexibility index (Phi) is 4.47. The minimum Gasteiger partial charge on any atom is -0.369 e. The molecule has 1 aromatic heterocycles. The quantitative estimate of drug-likeness (QED) is 0.575. The Balaban J connectivity index is 1.74. The van der Waals surface area contributed by atoms with Gasteiger partial charge in [0.25, 0.3) is 5.91 Å². The van der Waals surface area contributed by atoms with E-state index in [1.165, 1.54) is 0 Å². The molecule has 28 heavy (non-hydrogen) atoms. The topological polar surface area (TPSA) is 69.0 Å². The lowest BCUT2D eigenvalue weighted by Gasteiger charge is -2.59. The number of aliphatic imine (C=N–C) groups is 1. The summed E-state index contributed by atoms with van der Waals surface area (Å²) in [5, 5.41) is 4.86. The van der Waals surface area contributed by atoms with Gasteiger partial charge in [-0.05, 0) is 25.2 Å². The van der Waals surface area contributed by atoms with Gasteiger partial charge in [0.1, 0.15) is 5.69 Å². The molecule has 1 aromatic rings. The van der Waals surface area contributed by atoms with Gasteiger partial charge in [-0.1, -0.05) is 20.8 Å². The number of carbonyl (C=O) groups is 1. The van der Waals surface area contributed by atoms with Crippen LogP contribution in [0.3, 0.4) is 0 Å². The highest BCUT2D eigenvalue weighted by Crippen LogP contribution is 2.62. The lowest BCUT2D eigenvalue weighted by Crippen LogP contribution is -2.61. The van der Waals surface area contributed by atoms with Crippen molar-refractivity contribution in [3.8, 4) is 0 Å². The Bertz CT molecular complexity index is 820. The van der Waals surface area contributed by atoms with Crippen LogP contribution in [0.5, 0.6) is 0 Å². The van der Waals surface area contributed by atoms with Crippen molar-refractivity contribution in [3.63, 3.8) is 0 Å². The highest BCUT2D eigenvalue weighted by atomic mass is 16.7. The summed E-state index contributed by atoms with van der Waals surface area (Å²) in [7, 11) is 5.57. The Morgan fingerprint density at radius 3 is 2.57 bits per heavy atom. The second-order valence-electron chi connectivity index (χ2n) is 9.49. The van der Waals surface area contributed by atoms with E-state index in [-0.39, 0.29) is 16.7 Å². The van der Waals surface area contributed by atoms with Crippen molar-refractivity contribution in [3.05, 3.63) is 17.0 Å². The Morgan fingerprint density at radius 2 is 1.93 bits per heavy atom.